The van der Waals surface area contributed by atoms with Crippen LogP contribution in [0.2, 0.25) is 0 Å². The van der Waals surface area contributed by atoms with Crippen LogP contribution < -0.4 is 5.32 Å². The zero-order chi connectivity index (χ0) is 15.5. The van der Waals surface area contributed by atoms with Gasteiger partial charge in [0.1, 0.15) is 11.1 Å². The number of hydrogen-bond donors (Lipinski definition) is 2. The molecule has 1 amide bonds. The minimum absolute atomic E-state index is 0.0367. The average Bonchev–Trinajstić information content (AvgIpc) is 3.19. The van der Waals surface area contributed by atoms with Crippen LogP contribution in [0.1, 0.15) is 49.2 Å². The Labute approximate surface area is 134 Å². The lowest BCUT2D eigenvalue weighted by molar-refractivity contribution is -0.120. The van der Waals surface area contributed by atoms with Gasteiger partial charge in [0.05, 0.1) is 0 Å². The summed E-state index contributed by atoms with van der Waals surface area (Å²) >= 11 is 1.39. The van der Waals surface area contributed by atoms with Crippen molar-refractivity contribution < 1.29 is 4.79 Å². The SMILES string of the molecule is CC(C)c1nc(S[C@@H](C(=O)NC2CC2)c2ccccc2)n[nH]1. The van der Waals surface area contributed by atoms with E-state index in [1.165, 1.54) is 11.8 Å². The number of carbonyl (C=O) groups excluding carboxylic acids is 1. The lowest BCUT2D eigenvalue weighted by Gasteiger charge is -2.15. The zero-order valence-electron chi connectivity index (χ0n) is 12.7. The molecule has 0 spiro atoms. The Hall–Kier alpha value is -1.82. The summed E-state index contributed by atoms with van der Waals surface area (Å²) in [5.41, 5.74) is 0.974. The smallest absolute Gasteiger partial charge is 0.238 e. The van der Waals surface area contributed by atoms with Crippen LogP contribution in [0.5, 0.6) is 0 Å². The van der Waals surface area contributed by atoms with Gasteiger partial charge in [-0.1, -0.05) is 55.9 Å². The van der Waals surface area contributed by atoms with Crippen molar-refractivity contribution in [2.24, 2.45) is 0 Å². The van der Waals surface area contributed by atoms with E-state index in [0.29, 0.717) is 11.2 Å². The zero-order valence-corrected chi connectivity index (χ0v) is 13.6. The molecule has 0 aliphatic heterocycles. The highest BCUT2D eigenvalue weighted by Gasteiger charge is 2.30. The van der Waals surface area contributed by atoms with E-state index in [1.807, 2.05) is 30.3 Å². The summed E-state index contributed by atoms with van der Waals surface area (Å²) in [5.74, 6) is 1.17. The summed E-state index contributed by atoms with van der Waals surface area (Å²) in [6.45, 7) is 4.12. The average molecular weight is 316 g/mol. The van der Waals surface area contributed by atoms with Gasteiger partial charge in [0, 0.05) is 12.0 Å². The number of thioether (sulfide) groups is 1. The molecule has 0 radical (unpaired) electrons. The first-order chi connectivity index (χ1) is 10.6. The number of nitrogens with one attached hydrogen (secondary N) is 2. The Bertz CT molecular complexity index is 637. The molecule has 2 aromatic rings. The predicted molar refractivity (Wildman–Crippen MR) is 86.7 cm³/mol. The van der Waals surface area contributed by atoms with Gasteiger partial charge in [0.25, 0.3) is 0 Å². The number of carbonyl (C=O) groups is 1. The molecule has 1 aliphatic carbocycles. The second-order valence-corrected chi connectivity index (χ2v) is 6.92. The Balaban J connectivity index is 1.79. The number of amides is 1. The van der Waals surface area contributed by atoms with Crippen LogP contribution in [0.15, 0.2) is 35.5 Å². The first-order valence-corrected chi connectivity index (χ1v) is 8.45. The predicted octanol–water partition coefficient (Wildman–Crippen LogP) is 3.04. The molecule has 1 saturated carbocycles. The molecule has 0 unspecified atom stereocenters. The molecular formula is C16H20N4OS. The number of benzene rings is 1. The Morgan fingerprint density at radius 3 is 2.64 bits per heavy atom. The van der Waals surface area contributed by atoms with Crippen molar-refractivity contribution >= 4 is 17.7 Å². The van der Waals surface area contributed by atoms with Crippen LogP contribution in [0.25, 0.3) is 0 Å². The highest BCUT2D eigenvalue weighted by Crippen LogP contribution is 2.34. The molecule has 1 heterocycles. The number of aromatic nitrogens is 3. The molecule has 1 fully saturated rings. The van der Waals surface area contributed by atoms with Crippen LogP contribution in [0.3, 0.4) is 0 Å². The fourth-order valence-electron chi connectivity index (χ4n) is 2.08. The Kier molecular flexibility index (Phi) is 4.47. The molecule has 116 valence electrons. The fourth-order valence-corrected chi connectivity index (χ4v) is 3.01. The van der Waals surface area contributed by atoms with Crippen molar-refractivity contribution in [1.82, 2.24) is 20.5 Å². The quantitative estimate of drug-likeness (QED) is 0.804. The highest BCUT2D eigenvalue weighted by molar-refractivity contribution is 8.00. The Morgan fingerprint density at radius 1 is 1.32 bits per heavy atom. The molecule has 1 atom stereocenters. The van der Waals surface area contributed by atoms with Gasteiger partial charge in [-0.15, -0.1) is 5.10 Å². The summed E-state index contributed by atoms with van der Waals surface area (Å²) in [7, 11) is 0. The molecule has 1 aromatic heterocycles. The monoisotopic (exact) mass is 316 g/mol. The van der Waals surface area contributed by atoms with Crippen molar-refractivity contribution in [2.45, 2.75) is 49.1 Å². The number of H-pyrrole nitrogens is 1. The third kappa shape index (κ3) is 3.68. The topological polar surface area (TPSA) is 70.7 Å². The summed E-state index contributed by atoms with van der Waals surface area (Å²) < 4.78 is 0. The maximum absolute atomic E-state index is 12.5. The van der Waals surface area contributed by atoms with Crippen LogP contribution in [0, 0.1) is 0 Å². The summed E-state index contributed by atoms with van der Waals surface area (Å²) in [6, 6.07) is 10.1. The molecule has 5 nitrogen and oxygen atoms in total. The summed E-state index contributed by atoms with van der Waals surface area (Å²) in [6.07, 6.45) is 2.16. The van der Waals surface area contributed by atoms with E-state index < -0.39 is 0 Å². The maximum atomic E-state index is 12.5. The van der Waals surface area contributed by atoms with Gasteiger partial charge in [-0.3, -0.25) is 9.89 Å². The lowest BCUT2D eigenvalue weighted by atomic mass is 10.1. The van der Waals surface area contributed by atoms with E-state index in [9.17, 15) is 4.79 Å². The molecule has 1 aromatic carbocycles. The van der Waals surface area contributed by atoms with E-state index >= 15 is 0 Å². The van der Waals surface area contributed by atoms with Gasteiger partial charge in [0.15, 0.2) is 0 Å². The van der Waals surface area contributed by atoms with Crippen molar-refractivity contribution in [1.29, 1.82) is 0 Å². The first-order valence-electron chi connectivity index (χ1n) is 7.57. The van der Waals surface area contributed by atoms with Gasteiger partial charge in [-0.05, 0) is 18.4 Å². The van der Waals surface area contributed by atoms with Crippen LogP contribution >= 0.6 is 11.8 Å². The van der Waals surface area contributed by atoms with Gasteiger partial charge < -0.3 is 5.32 Å². The van der Waals surface area contributed by atoms with Gasteiger partial charge in [-0.2, -0.15) is 0 Å². The van der Waals surface area contributed by atoms with E-state index in [2.05, 4.69) is 34.3 Å². The largest absolute Gasteiger partial charge is 0.352 e. The van der Waals surface area contributed by atoms with E-state index in [0.717, 1.165) is 24.2 Å². The fraction of sp³-hybridized carbons (Fsp3) is 0.438. The van der Waals surface area contributed by atoms with Crippen LogP contribution in [-0.2, 0) is 4.79 Å². The standard InChI is InChI=1S/C16H20N4OS/c1-10(2)14-18-16(20-19-14)22-13(11-6-4-3-5-7-11)15(21)17-12-8-9-12/h3-7,10,12-13H,8-9H2,1-2H3,(H,17,21)(H,18,19,20)/t13-/m1/s1. The van der Waals surface area contributed by atoms with E-state index in [1.54, 1.807) is 0 Å². The summed E-state index contributed by atoms with van der Waals surface area (Å²) in [4.78, 5) is 17.0. The maximum Gasteiger partial charge on any atom is 0.238 e. The molecule has 3 rings (SSSR count). The number of nitrogens with zero attached hydrogens (tertiary/aromatic N) is 2. The molecule has 2 N–H and O–H groups in total. The van der Waals surface area contributed by atoms with Crippen molar-refractivity contribution in [3.05, 3.63) is 41.7 Å². The van der Waals surface area contributed by atoms with Gasteiger partial charge >= 0.3 is 0 Å². The number of aromatic amines is 1. The Morgan fingerprint density at radius 2 is 2.05 bits per heavy atom. The van der Waals surface area contributed by atoms with Gasteiger partial charge in [-0.25, -0.2) is 4.98 Å². The third-order valence-corrected chi connectivity index (χ3v) is 4.63. The third-order valence-electron chi connectivity index (χ3n) is 3.52. The first kappa shape index (κ1) is 15.1. The minimum atomic E-state index is -0.322. The molecule has 0 bridgehead atoms. The van der Waals surface area contributed by atoms with Crippen molar-refractivity contribution in [2.75, 3.05) is 0 Å². The van der Waals surface area contributed by atoms with E-state index in [4.69, 9.17) is 0 Å². The second-order valence-electron chi connectivity index (χ2n) is 5.85. The molecule has 0 saturated heterocycles. The van der Waals surface area contributed by atoms with E-state index in [-0.39, 0.29) is 17.1 Å². The number of rotatable bonds is 6. The molecule has 6 heteroatoms. The normalized spacial score (nSPS) is 15.8. The minimum Gasteiger partial charge on any atom is -0.352 e. The highest BCUT2D eigenvalue weighted by atomic mass is 32.2. The molecule has 22 heavy (non-hydrogen) atoms. The van der Waals surface area contributed by atoms with Crippen LogP contribution in [-0.4, -0.2) is 27.1 Å². The molecular weight excluding hydrogens is 296 g/mol. The second kappa shape index (κ2) is 6.52. The lowest BCUT2D eigenvalue weighted by Crippen LogP contribution is -2.29. The van der Waals surface area contributed by atoms with Gasteiger partial charge in [0.2, 0.25) is 11.1 Å². The number of hydrogen-bond acceptors (Lipinski definition) is 4. The summed E-state index contributed by atoms with van der Waals surface area (Å²) in [5, 5.41) is 10.5. The van der Waals surface area contributed by atoms with Crippen LogP contribution in [0.4, 0.5) is 0 Å². The molecule has 1 aliphatic rings. The van der Waals surface area contributed by atoms with Crippen molar-refractivity contribution in [3.63, 3.8) is 0 Å². The van der Waals surface area contributed by atoms with Crippen molar-refractivity contribution in [3.8, 4) is 0 Å².